The number of benzene rings is 2. The largest absolute Gasteiger partial charge is 0.422 e. The number of halogens is 3. The van der Waals surface area contributed by atoms with Gasteiger partial charge in [-0.05, 0) is 31.0 Å². The van der Waals surface area contributed by atoms with Gasteiger partial charge in [-0.25, -0.2) is 4.79 Å². The Bertz CT molecular complexity index is 1190. The molecule has 0 saturated carbocycles. The number of amides is 5. The highest BCUT2D eigenvalue weighted by Crippen LogP contribution is 2.44. The number of aryl methyl sites for hydroxylation is 1. The van der Waals surface area contributed by atoms with Crippen LogP contribution in [0.25, 0.3) is 0 Å². The minimum Gasteiger partial charge on any atom is -0.329 e. The fourth-order valence-electron chi connectivity index (χ4n) is 3.99. The molecule has 5 amide bonds. The number of hydrogen-bond acceptors (Lipinski definition) is 4. The van der Waals surface area contributed by atoms with E-state index >= 15 is 0 Å². The SMILES string of the molecule is Cc1ccc(C(=O)NC2(C(F)(F)F)C(=O)N=C3C2C(=O)NC(=O)N3CCc2ccccc2)cc1. The lowest BCUT2D eigenvalue weighted by molar-refractivity contribution is -0.202. The summed E-state index contributed by atoms with van der Waals surface area (Å²) >= 11 is 0. The lowest BCUT2D eigenvalue weighted by Gasteiger charge is -2.39. The summed E-state index contributed by atoms with van der Waals surface area (Å²) in [5, 5.41) is 3.60. The lowest BCUT2D eigenvalue weighted by Crippen LogP contribution is -2.72. The molecule has 8 nitrogen and oxygen atoms in total. The van der Waals surface area contributed by atoms with Crippen LogP contribution in [-0.2, 0) is 16.0 Å². The monoisotopic (exact) mass is 472 g/mol. The first kappa shape index (κ1) is 23.1. The van der Waals surface area contributed by atoms with Crippen LogP contribution in [0.3, 0.4) is 0 Å². The molecule has 2 aliphatic rings. The number of imide groups is 1. The van der Waals surface area contributed by atoms with Gasteiger partial charge in [0.25, 0.3) is 11.8 Å². The predicted octanol–water partition coefficient (Wildman–Crippen LogP) is 2.38. The molecule has 0 aromatic heterocycles. The Hall–Kier alpha value is -4.02. The van der Waals surface area contributed by atoms with Gasteiger partial charge in [0.15, 0.2) is 0 Å². The van der Waals surface area contributed by atoms with E-state index in [1.165, 1.54) is 24.3 Å². The van der Waals surface area contributed by atoms with Crippen LogP contribution in [0.15, 0.2) is 59.6 Å². The van der Waals surface area contributed by atoms with Crippen molar-refractivity contribution in [1.29, 1.82) is 0 Å². The quantitative estimate of drug-likeness (QED) is 0.697. The number of nitrogens with zero attached hydrogens (tertiary/aromatic N) is 2. The van der Waals surface area contributed by atoms with Crippen LogP contribution in [0, 0.1) is 12.8 Å². The van der Waals surface area contributed by atoms with Crippen molar-refractivity contribution in [2.75, 3.05) is 6.54 Å². The zero-order chi connectivity index (χ0) is 24.7. The topological polar surface area (TPSA) is 108 Å². The molecule has 2 heterocycles. The number of urea groups is 1. The molecule has 2 aromatic rings. The minimum atomic E-state index is -5.39. The molecule has 11 heteroatoms. The summed E-state index contributed by atoms with van der Waals surface area (Å²) in [5.41, 5.74) is -2.24. The van der Waals surface area contributed by atoms with E-state index in [2.05, 4.69) is 4.99 Å². The van der Waals surface area contributed by atoms with Gasteiger partial charge in [-0.1, -0.05) is 48.0 Å². The van der Waals surface area contributed by atoms with Gasteiger partial charge >= 0.3 is 12.2 Å². The Morgan fingerprint density at radius 1 is 1.09 bits per heavy atom. The van der Waals surface area contributed by atoms with E-state index in [0.717, 1.165) is 16.0 Å². The maximum Gasteiger partial charge on any atom is 0.422 e. The fourth-order valence-corrected chi connectivity index (χ4v) is 3.99. The van der Waals surface area contributed by atoms with E-state index in [1.807, 2.05) is 5.32 Å². The van der Waals surface area contributed by atoms with Crippen LogP contribution >= 0.6 is 0 Å². The molecule has 0 radical (unpaired) electrons. The molecule has 2 aromatic carbocycles. The van der Waals surface area contributed by atoms with Gasteiger partial charge in [0.1, 0.15) is 11.8 Å². The standard InChI is InChI=1S/C23H19F3N4O4/c1-13-7-9-15(10-8-13)18(31)29-22(23(24,25)26)16-17(27-20(22)33)30(21(34)28-19(16)32)12-11-14-5-3-2-4-6-14/h2-10,16H,11-12H2,1H3,(H,29,31)(H,28,32,34). The fraction of sp³-hybridized carbons (Fsp3) is 0.261. The third kappa shape index (κ3) is 3.82. The van der Waals surface area contributed by atoms with Gasteiger partial charge in [-0.15, -0.1) is 0 Å². The molecule has 176 valence electrons. The number of aliphatic imine (C=N–C) groups is 1. The van der Waals surface area contributed by atoms with Crippen molar-refractivity contribution >= 4 is 29.6 Å². The summed E-state index contributed by atoms with van der Waals surface area (Å²) in [4.78, 5) is 54.9. The molecule has 2 aliphatic heterocycles. The Morgan fingerprint density at radius 2 is 1.74 bits per heavy atom. The lowest BCUT2D eigenvalue weighted by atomic mass is 9.81. The van der Waals surface area contributed by atoms with E-state index in [1.54, 1.807) is 42.6 Å². The third-order valence-corrected chi connectivity index (χ3v) is 5.80. The predicted molar refractivity (Wildman–Crippen MR) is 114 cm³/mol. The zero-order valence-corrected chi connectivity index (χ0v) is 17.8. The van der Waals surface area contributed by atoms with Crippen molar-refractivity contribution in [3.63, 3.8) is 0 Å². The number of rotatable bonds is 5. The second-order valence-electron chi connectivity index (χ2n) is 8.02. The van der Waals surface area contributed by atoms with Crippen LogP contribution in [0.2, 0.25) is 0 Å². The van der Waals surface area contributed by atoms with Gasteiger partial charge < -0.3 is 5.32 Å². The maximum absolute atomic E-state index is 14.4. The molecule has 1 fully saturated rings. The number of carbonyl (C=O) groups is 4. The summed E-state index contributed by atoms with van der Waals surface area (Å²) in [6.07, 6.45) is -5.15. The summed E-state index contributed by atoms with van der Waals surface area (Å²) in [6, 6.07) is 13.4. The smallest absolute Gasteiger partial charge is 0.329 e. The molecule has 2 N–H and O–H groups in total. The minimum absolute atomic E-state index is 0.133. The summed E-state index contributed by atoms with van der Waals surface area (Å²) in [6.45, 7) is 1.60. The van der Waals surface area contributed by atoms with E-state index in [0.29, 0.717) is 0 Å². The van der Waals surface area contributed by atoms with Gasteiger partial charge in [-0.2, -0.15) is 18.2 Å². The molecule has 0 bridgehead atoms. The zero-order valence-electron chi connectivity index (χ0n) is 17.8. The van der Waals surface area contributed by atoms with Crippen molar-refractivity contribution in [2.24, 2.45) is 10.9 Å². The van der Waals surface area contributed by atoms with Gasteiger partial charge in [0.2, 0.25) is 11.4 Å². The number of amidine groups is 1. The van der Waals surface area contributed by atoms with E-state index in [-0.39, 0.29) is 18.5 Å². The highest BCUT2D eigenvalue weighted by molar-refractivity contribution is 6.27. The van der Waals surface area contributed by atoms with Gasteiger partial charge in [-0.3, -0.25) is 24.6 Å². The molecule has 1 saturated heterocycles. The number of carbonyl (C=O) groups excluding carboxylic acids is 4. The average Bonchev–Trinajstić information content (AvgIpc) is 3.08. The molecule has 2 unspecified atom stereocenters. The van der Waals surface area contributed by atoms with E-state index in [9.17, 15) is 32.3 Å². The first-order chi connectivity index (χ1) is 16.0. The number of fused-ring (bicyclic) bond motifs is 1. The van der Waals surface area contributed by atoms with Crippen molar-refractivity contribution in [1.82, 2.24) is 15.5 Å². The van der Waals surface area contributed by atoms with Crippen LogP contribution in [0.5, 0.6) is 0 Å². The second kappa shape index (κ2) is 8.40. The number of nitrogens with one attached hydrogen (secondary N) is 2. The van der Waals surface area contributed by atoms with Crippen LogP contribution in [0.4, 0.5) is 18.0 Å². The number of alkyl halides is 3. The average molecular weight is 472 g/mol. The van der Waals surface area contributed by atoms with Crippen LogP contribution in [0.1, 0.15) is 21.5 Å². The van der Waals surface area contributed by atoms with Crippen molar-refractivity contribution in [3.05, 3.63) is 71.3 Å². The first-order valence-electron chi connectivity index (χ1n) is 10.3. The van der Waals surface area contributed by atoms with Crippen molar-refractivity contribution < 1.29 is 32.3 Å². The highest BCUT2D eigenvalue weighted by Gasteiger charge is 2.73. The Labute approximate surface area is 191 Å². The molecule has 0 aliphatic carbocycles. The Kier molecular flexibility index (Phi) is 5.72. The van der Waals surface area contributed by atoms with E-state index < -0.39 is 47.2 Å². The first-order valence-corrected chi connectivity index (χ1v) is 10.3. The summed E-state index contributed by atoms with van der Waals surface area (Å²) < 4.78 is 43.3. The van der Waals surface area contributed by atoms with Crippen molar-refractivity contribution in [3.8, 4) is 0 Å². The Balaban J connectivity index is 1.69. The van der Waals surface area contributed by atoms with Gasteiger partial charge in [0, 0.05) is 12.1 Å². The van der Waals surface area contributed by atoms with Crippen LogP contribution < -0.4 is 10.6 Å². The molecule has 0 spiro atoms. The second-order valence-corrected chi connectivity index (χ2v) is 8.02. The normalized spacial score (nSPS) is 22.2. The van der Waals surface area contributed by atoms with Crippen molar-refractivity contribution in [2.45, 2.75) is 25.1 Å². The molecular formula is C23H19F3N4O4. The number of hydrogen-bond donors (Lipinski definition) is 2. The maximum atomic E-state index is 14.4. The van der Waals surface area contributed by atoms with E-state index in [4.69, 9.17) is 0 Å². The molecular weight excluding hydrogens is 453 g/mol. The molecule has 34 heavy (non-hydrogen) atoms. The summed E-state index contributed by atoms with van der Waals surface area (Å²) in [7, 11) is 0. The highest BCUT2D eigenvalue weighted by atomic mass is 19.4. The van der Waals surface area contributed by atoms with Crippen LogP contribution in [-0.4, -0.2) is 52.7 Å². The Morgan fingerprint density at radius 3 is 2.35 bits per heavy atom. The molecule has 2 atom stereocenters. The molecule has 4 rings (SSSR count). The summed E-state index contributed by atoms with van der Waals surface area (Å²) in [5.74, 6) is -7.25. The third-order valence-electron chi connectivity index (χ3n) is 5.80. The van der Waals surface area contributed by atoms with Gasteiger partial charge in [0.05, 0.1) is 0 Å².